The van der Waals surface area contributed by atoms with Gasteiger partial charge in [0.15, 0.2) is 0 Å². The van der Waals surface area contributed by atoms with E-state index < -0.39 is 0 Å². The van der Waals surface area contributed by atoms with Gasteiger partial charge in [0.25, 0.3) is 5.91 Å². The minimum atomic E-state index is -0.120. The number of nitrogens with zero attached hydrogens (tertiary/aromatic N) is 3. The van der Waals surface area contributed by atoms with Crippen molar-refractivity contribution in [1.29, 1.82) is 0 Å². The number of aromatic amines is 1. The summed E-state index contributed by atoms with van der Waals surface area (Å²) in [5, 5.41) is 9.87. The van der Waals surface area contributed by atoms with Crippen molar-refractivity contribution < 1.29 is 9.53 Å². The Morgan fingerprint density at radius 1 is 1.33 bits per heavy atom. The van der Waals surface area contributed by atoms with E-state index >= 15 is 0 Å². The standard InChI is InChI=1S/C17H18N4O2S/c1-11(16-18-8-9-24-16)21(2)17(22)15-10-14(19-20-15)12-4-6-13(23-3)7-5-12/h4-11H,1-3H3,(H,19,20)/t11-/m1/s1. The van der Waals surface area contributed by atoms with Gasteiger partial charge in [-0.05, 0) is 37.3 Å². The normalized spacial score (nSPS) is 12.0. The molecule has 1 amide bonds. The molecule has 0 saturated carbocycles. The van der Waals surface area contributed by atoms with Crippen LogP contribution in [-0.4, -0.2) is 40.1 Å². The number of hydrogen-bond acceptors (Lipinski definition) is 5. The highest BCUT2D eigenvalue weighted by Gasteiger charge is 2.22. The minimum Gasteiger partial charge on any atom is -0.497 e. The van der Waals surface area contributed by atoms with Gasteiger partial charge in [-0.1, -0.05) is 0 Å². The monoisotopic (exact) mass is 342 g/mol. The van der Waals surface area contributed by atoms with Crippen molar-refractivity contribution in [2.75, 3.05) is 14.2 Å². The number of ether oxygens (including phenoxy) is 1. The Morgan fingerprint density at radius 3 is 2.71 bits per heavy atom. The van der Waals surface area contributed by atoms with Crippen molar-refractivity contribution >= 4 is 17.2 Å². The van der Waals surface area contributed by atoms with E-state index in [0.717, 1.165) is 22.0 Å². The third-order valence-corrected chi connectivity index (χ3v) is 4.85. The fourth-order valence-corrected chi connectivity index (χ4v) is 3.05. The van der Waals surface area contributed by atoms with Crippen molar-refractivity contribution in [3.05, 3.63) is 52.6 Å². The summed E-state index contributed by atoms with van der Waals surface area (Å²) < 4.78 is 5.15. The summed E-state index contributed by atoms with van der Waals surface area (Å²) in [5.41, 5.74) is 2.09. The van der Waals surface area contributed by atoms with Gasteiger partial charge in [-0.15, -0.1) is 11.3 Å². The first-order chi connectivity index (χ1) is 11.6. The zero-order chi connectivity index (χ0) is 17.1. The maximum atomic E-state index is 12.6. The highest BCUT2D eigenvalue weighted by Crippen LogP contribution is 2.24. The number of carbonyl (C=O) groups is 1. The van der Waals surface area contributed by atoms with Crippen molar-refractivity contribution in [2.24, 2.45) is 0 Å². The molecule has 0 saturated heterocycles. The van der Waals surface area contributed by atoms with Crippen LogP contribution in [0.3, 0.4) is 0 Å². The Kier molecular flexibility index (Phi) is 4.61. The lowest BCUT2D eigenvalue weighted by molar-refractivity contribution is 0.0736. The molecule has 7 heteroatoms. The lowest BCUT2D eigenvalue weighted by Gasteiger charge is -2.22. The molecular formula is C17H18N4O2S. The summed E-state index contributed by atoms with van der Waals surface area (Å²) in [4.78, 5) is 18.6. The number of carbonyl (C=O) groups excluding carboxylic acids is 1. The minimum absolute atomic E-state index is 0.0924. The molecule has 0 aliphatic rings. The van der Waals surface area contributed by atoms with Crippen molar-refractivity contribution in [3.63, 3.8) is 0 Å². The van der Waals surface area contributed by atoms with Gasteiger partial charge < -0.3 is 9.64 Å². The second kappa shape index (κ2) is 6.84. The Balaban J connectivity index is 1.77. The number of H-pyrrole nitrogens is 1. The molecule has 6 nitrogen and oxygen atoms in total. The van der Waals surface area contributed by atoms with E-state index in [0.29, 0.717) is 5.69 Å². The largest absolute Gasteiger partial charge is 0.497 e. The van der Waals surface area contributed by atoms with Crippen LogP contribution in [0.5, 0.6) is 5.75 Å². The molecule has 0 spiro atoms. The topological polar surface area (TPSA) is 71.1 Å². The van der Waals surface area contributed by atoms with E-state index in [1.54, 1.807) is 31.3 Å². The van der Waals surface area contributed by atoms with Crippen LogP contribution in [0, 0.1) is 0 Å². The van der Waals surface area contributed by atoms with Crippen LogP contribution in [0.1, 0.15) is 28.5 Å². The van der Waals surface area contributed by atoms with E-state index in [1.165, 1.54) is 11.3 Å². The Hall–Kier alpha value is -2.67. The van der Waals surface area contributed by atoms with Gasteiger partial charge >= 0.3 is 0 Å². The molecule has 1 N–H and O–H groups in total. The summed E-state index contributed by atoms with van der Waals surface area (Å²) in [6, 6.07) is 9.21. The molecule has 0 bridgehead atoms. The molecule has 2 heterocycles. The predicted molar refractivity (Wildman–Crippen MR) is 93.2 cm³/mol. The zero-order valence-corrected chi connectivity index (χ0v) is 14.5. The van der Waals surface area contributed by atoms with Gasteiger partial charge in [-0.3, -0.25) is 9.89 Å². The van der Waals surface area contributed by atoms with Crippen LogP contribution in [-0.2, 0) is 0 Å². The van der Waals surface area contributed by atoms with E-state index in [1.807, 2.05) is 36.6 Å². The number of hydrogen-bond donors (Lipinski definition) is 1. The zero-order valence-electron chi connectivity index (χ0n) is 13.7. The Labute approximate surface area is 144 Å². The molecule has 24 heavy (non-hydrogen) atoms. The van der Waals surface area contributed by atoms with Crippen LogP contribution < -0.4 is 4.74 Å². The smallest absolute Gasteiger partial charge is 0.272 e. The van der Waals surface area contributed by atoms with Gasteiger partial charge in [-0.2, -0.15) is 5.10 Å². The number of aromatic nitrogens is 3. The number of thiazole rings is 1. The van der Waals surface area contributed by atoms with E-state index in [4.69, 9.17) is 4.74 Å². The van der Waals surface area contributed by atoms with Crippen LogP contribution in [0.15, 0.2) is 41.9 Å². The average Bonchev–Trinajstić information content (AvgIpc) is 3.31. The molecule has 0 unspecified atom stereocenters. The molecule has 0 fully saturated rings. The number of nitrogens with one attached hydrogen (secondary N) is 1. The lowest BCUT2D eigenvalue weighted by Crippen LogP contribution is -2.29. The molecule has 0 aliphatic heterocycles. The molecule has 0 radical (unpaired) electrons. The highest BCUT2D eigenvalue weighted by molar-refractivity contribution is 7.09. The summed E-state index contributed by atoms with van der Waals surface area (Å²) in [5.74, 6) is 0.660. The molecule has 0 aliphatic carbocycles. The molecule has 3 rings (SSSR count). The average molecular weight is 342 g/mol. The second-order valence-corrected chi connectivity index (χ2v) is 6.28. The first-order valence-electron chi connectivity index (χ1n) is 7.46. The summed E-state index contributed by atoms with van der Waals surface area (Å²) in [6.07, 6.45) is 1.74. The Morgan fingerprint density at radius 2 is 2.08 bits per heavy atom. The maximum Gasteiger partial charge on any atom is 0.272 e. The third-order valence-electron chi connectivity index (χ3n) is 3.90. The summed E-state index contributed by atoms with van der Waals surface area (Å²) in [6.45, 7) is 1.96. The molecule has 1 aromatic carbocycles. The van der Waals surface area contributed by atoms with Crippen molar-refractivity contribution in [2.45, 2.75) is 13.0 Å². The molecule has 3 aromatic rings. The molecular weight excluding hydrogens is 324 g/mol. The molecule has 124 valence electrons. The predicted octanol–water partition coefficient (Wildman–Crippen LogP) is 3.38. The van der Waals surface area contributed by atoms with Crippen LogP contribution in [0.25, 0.3) is 11.3 Å². The lowest BCUT2D eigenvalue weighted by atomic mass is 10.1. The number of rotatable bonds is 5. The number of methoxy groups -OCH3 is 1. The fourth-order valence-electron chi connectivity index (χ4n) is 2.31. The van der Waals surface area contributed by atoms with Crippen LogP contribution in [0.4, 0.5) is 0 Å². The number of amides is 1. The van der Waals surface area contributed by atoms with Gasteiger partial charge in [0.2, 0.25) is 0 Å². The molecule has 2 aromatic heterocycles. The third kappa shape index (κ3) is 3.16. The Bertz CT molecular complexity index is 812. The first kappa shape index (κ1) is 16.2. The van der Waals surface area contributed by atoms with Crippen LogP contribution >= 0.6 is 11.3 Å². The summed E-state index contributed by atoms with van der Waals surface area (Å²) in [7, 11) is 3.39. The van der Waals surface area contributed by atoms with Crippen molar-refractivity contribution in [3.8, 4) is 17.0 Å². The summed E-state index contributed by atoms with van der Waals surface area (Å²) >= 11 is 1.53. The fraction of sp³-hybridized carbons (Fsp3) is 0.235. The first-order valence-corrected chi connectivity index (χ1v) is 8.34. The SMILES string of the molecule is COc1ccc(-c2cc(C(=O)N(C)[C@H](C)c3nccs3)[nH]n2)cc1. The van der Waals surface area contributed by atoms with E-state index in [9.17, 15) is 4.79 Å². The van der Waals surface area contributed by atoms with E-state index in [2.05, 4.69) is 15.2 Å². The molecule has 1 atom stereocenters. The number of benzene rings is 1. The van der Waals surface area contributed by atoms with E-state index in [-0.39, 0.29) is 11.9 Å². The quantitative estimate of drug-likeness (QED) is 0.772. The van der Waals surface area contributed by atoms with Crippen LogP contribution in [0.2, 0.25) is 0 Å². The van der Waals surface area contributed by atoms with Gasteiger partial charge in [0.05, 0.1) is 18.8 Å². The maximum absolute atomic E-state index is 12.6. The van der Waals surface area contributed by atoms with Gasteiger partial charge in [0.1, 0.15) is 16.5 Å². The van der Waals surface area contributed by atoms with Crippen molar-refractivity contribution in [1.82, 2.24) is 20.1 Å². The highest BCUT2D eigenvalue weighted by atomic mass is 32.1. The van der Waals surface area contributed by atoms with Gasteiger partial charge in [0, 0.05) is 24.2 Å². The second-order valence-electron chi connectivity index (χ2n) is 5.36. The van der Waals surface area contributed by atoms with Gasteiger partial charge in [-0.25, -0.2) is 4.98 Å².